The van der Waals surface area contributed by atoms with E-state index in [1.54, 1.807) is 12.1 Å². The molecule has 2 rings (SSSR count). The average molecular weight is 285 g/mol. The van der Waals surface area contributed by atoms with Crippen molar-refractivity contribution in [2.75, 3.05) is 0 Å². The summed E-state index contributed by atoms with van der Waals surface area (Å²) in [6.07, 6.45) is 2.31. The van der Waals surface area contributed by atoms with E-state index in [4.69, 9.17) is 14.6 Å². The van der Waals surface area contributed by atoms with Crippen LogP contribution in [0.4, 0.5) is 0 Å². The molecule has 2 N–H and O–H groups in total. The lowest BCUT2D eigenvalue weighted by molar-refractivity contribution is 0.126. The van der Waals surface area contributed by atoms with E-state index < -0.39 is 15.6 Å². The molecule has 0 atom stereocenters. The standard InChI is InChI=1S/C13H19NO4S/c1-13(2,3)18-11-8-10(17-9-4-5-9)6-7-12(11)19(14,15)16/h6-9H,4-5H2,1-3H3,(H2,14,15,16). The fraction of sp³-hybridized carbons (Fsp3) is 0.538. The Labute approximate surface area is 113 Å². The van der Waals surface area contributed by atoms with Crippen molar-refractivity contribution in [3.63, 3.8) is 0 Å². The predicted octanol–water partition coefficient (Wildman–Crippen LogP) is 2.05. The van der Waals surface area contributed by atoms with Crippen LogP contribution in [-0.4, -0.2) is 20.1 Å². The zero-order chi connectivity index (χ0) is 14.3. The summed E-state index contributed by atoms with van der Waals surface area (Å²) in [7, 11) is -3.82. The van der Waals surface area contributed by atoms with Crippen LogP contribution in [0, 0.1) is 0 Å². The fourth-order valence-electron chi connectivity index (χ4n) is 1.58. The van der Waals surface area contributed by atoms with E-state index in [2.05, 4.69) is 0 Å². The van der Waals surface area contributed by atoms with Gasteiger partial charge in [-0.3, -0.25) is 0 Å². The molecule has 1 aromatic rings. The van der Waals surface area contributed by atoms with Crippen LogP contribution in [0.1, 0.15) is 33.6 Å². The molecule has 0 heterocycles. The molecular weight excluding hydrogens is 266 g/mol. The van der Waals surface area contributed by atoms with Gasteiger partial charge in [-0.15, -0.1) is 0 Å². The van der Waals surface area contributed by atoms with Gasteiger partial charge < -0.3 is 9.47 Å². The average Bonchev–Trinajstić information content (AvgIpc) is 2.97. The van der Waals surface area contributed by atoms with Crippen molar-refractivity contribution < 1.29 is 17.9 Å². The van der Waals surface area contributed by atoms with Crippen LogP contribution in [0.3, 0.4) is 0 Å². The van der Waals surface area contributed by atoms with Crippen molar-refractivity contribution in [2.24, 2.45) is 5.14 Å². The van der Waals surface area contributed by atoms with E-state index in [9.17, 15) is 8.42 Å². The van der Waals surface area contributed by atoms with Crippen LogP contribution in [0.5, 0.6) is 11.5 Å². The maximum absolute atomic E-state index is 11.5. The maximum Gasteiger partial charge on any atom is 0.241 e. The second kappa shape index (κ2) is 4.68. The Balaban J connectivity index is 2.37. The minimum atomic E-state index is -3.82. The first-order valence-electron chi connectivity index (χ1n) is 6.18. The van der Waals surface area contributed by atoms with Crippen LogP contribution in [-0.2, 0) is 10.0 Å². The first-order chi connectivity index (χ1) is 8.65. The molecule has 0 spiro atoms. The highest BCUT2D eigenvalue weighted by Gasteiger charge is 2.25. The Hall–Kier alpha value is -1.27. The fourth-order valence-corrected chi connectivity index (χ4v) is 2.22. The Bertz CT molecular complexity index is 571. The third kappa shape index (κ3) is 4.11. The predicted molar refractivity (Wildman–Crippen MR) is 71.8 cm³/mol. The molecule has 0 saturated heterocycles. The first-order valence-corrected chi connectivity index (χ1v) is 7.72. The Morgan fingerprint density at radius 2 is 1.89 bits per heavy atom. The van der Waals surface area contributed by atoms with Gasteiger partial charge in [0.25, 0.3) is 0 Å². The molecule has 1 fully saturated rings. The number of sulfonamides is 1. The number of benzene rings is 1. The van der Waals surface area contributed by atoms with Gasteiger partial charge in [-0.1, -0.05) is 0 Å². The van der Waals surface area contributed by atoms with Gasteiger partial charge in [0.15, 0.2) is 0 Å². The van der Waals surface area contributed by atoms with Crippen molar-refractivity contribution in [3.05, 3.63) is 18.2 Å². The minimum absolute atomic E-state index is 0.0226. The monoisotopic (exact) mass is 285 g/mol. The topological polar surface area (TPSA) is 78.6 Å². The normalized spacial score (nSPS) is 16.2. The molecule has 0 unspecified atom stereocenters. The lowest BCUT2D eigenvalue weighted by Crippen LogP contribution is -2.25. The highest BCUT2D eigenvalue weighted by atomic mass is 32.2. The Kier molecular flexibility index (Phi) is 3.49. The molecule has 0 bridgehead atoms. The van der Waals surface area contributed by atoms with E-state index >= 15 is 0 Å². The van der Waals surface area contributed by atoms with Gasteiger partial charge in [0.1, 0.15) is 22.0 Å². The molecule has 106 valence electrons. The molecule has 6 heteroatoms. The van der Waals surface area contributed by atoms with Gasteiger partial charge in [-0.25, -0.2) is 13.6 Å². The number of hydrogen-bond donors (Lipinski definition) is 1. The van der Waals surface area contributed by atoms with Crippen molar-refractivity contribution in [2.45, 2.75) is 50.2 Å². The number of ether oxygens (including phenoxy) is 2. The van der Waals surface area contributed by atoms with Crippen LogP contribution in [0.25, 0.3) is 0 Å². The van der Waals surface area contributed by atoms with Gasteiger partial charge >= 0.3 is 0 Å². The summed E-state index contributed by atoms with van der Waals surface area (Å²) in [4.78, 5) is -0.0226. The molecule has 1 aliphatic carbocycles. The Morgan fingerprint density at radius 1 is 1.26 bits per heavy atom. The second-order valence-electron chi connectivity index (χ2n) is 5.69. The lowest BCUT2D eigenvalue weighted by Gasteiger charge is -2.23. The summed E-state index contributed by atoms with van der Waals surface area (Å²) in [6, 6.07) is 4.62. The van der Waals surface area contributed by atoms with Crippen molar-refractivity contribution in [1.29, 1.82) is 0 Å². The van der Waals surface area contributed by atoms with Crippen LogP contribution in [0.15, 0.2) is 23.1 Å². The van der Waals surface area contributed by atoms with E-state index in [1.807, 2.05) is 20.8 Å². The Morgan fingerprint density at radius 3 is 2.37 bits per heavy atom. The number of nitrogens with two attached hydrogens (primary N) is 1. The number of primary sulfonamides is 1. The van der Waals surface area contributed by atoms with Gasteiger partial charge in [-0.05, 0) is 45.7 Å². The molecule has 1 saturated carbocycles. The summed E-state index contributed by atoms with van der Waals surface area (Å²) in [5.74, 6) is 0.835. The van der Waals surface area contributed by atoms with Gasteiger partial charge in [0.2, 0.25) is 10.0 Å². The molecule has 5 nitrogen and oxygen atoms in total. The van der Waals surface area contributed by atoms with E-state index in [1.165, 1.54) is 6.07 Å². The summed E-state index contributed by atoms with van der Waals surface area (Å²) in [5.41, 5.74) is -0.516. The quantitative estimate of drug-likeness (QED) is 0.918. The van der Waals surface area contributed by atoms with Crippen molar-refractivity contribution >= 4 is 10.0 Å². The summed E-state index contributed by atoms with van der Waals surface area (Å²) < 4.78 is 34.4. The molecule has 0 amide bonds. The molecular formula is C13H19NO4S. The third-order valence-corrected chi connectivity index (χ3v) is 3.42. The third-order valence-electron chi connectivity index (χ3n) is 2.46. The zero-order valence-electron chi connectivity index (χ0n) is 11.3. The highest BCUT2D eigenvalue weighted by Crippen LogP contribution is 2.33. The van der Waals surface area contributed by atoms with Gasteiger partial charge in [0, 0.05) is 6.07 Å². The lowest BCUT2D eigenvalue weighted by atomic mass is 10.2. The molecule has 0 aromatic heterocycles. The van der Waals surface area contributed by atoms with Crippen LogP contribution in [0.2, 0.25) is 0 Å². The van der Waals surface area contributed by atoms with Crippen LogP contribution >= 0.6 is 0 Å². The highest BCUT2D eigenvalue weighted by molar-refractivity contribution is 7.89. The second-order valence-corrected chi connectivity index (χ2v) is 7.22. The molecule has 0 radical (unpaired) electrons. The zero-order valence-corrected chi connectivity index (χ0v) is 12.2. The van der Waals surface area contributed by atoms with E-state index in [0.29, 0.717) is 5.75 Å². The number of rotatable bonds is 4. The molecule has 1 aliphatic rings. The summed E-state index contributed by atoms with van der Waals surface area (Å²) in [6.45, 7) is 5.52. The molecule has 0 aliphatic heterocycles. The smallest absolute Gasteiger partial charge is 0.241 e. The van der Waals surface area contributed by atoms with E-state index in [-0.39, 0.29) is 16.7 Å². The largest absolute Gasteiger partial charge is 0.490 e. The summed E-state index contributed by atoms with van der Waals surface area (Å²) in [5, 5.41) is 5.19. The number of hydrogen-bond acceptors (Lipinski definition) is 4. The maximum atomic E-state index is 11.5. The van der Waals surface area contributed by atoms with Crippen molar-refractivity contribution in [1.82, 2.24) is 0 Å². The SMILES string of the molecule is CC(C)(C)Oc1cc(OC2CC2)ccc1S(N)(=O)=O. The van der Waals surface area contributed by atoms with Gasteiger partial charge in [0.05, 0.1) is 6.10 Å². The first kappa shape index (κ1) is 14.1. The minimum Gasteiger partial charge on any atom is -0.490 e. The molecule has 19 heavy (non-hydrogen) atoms. The molecule has 1 aromatic carbocycles. The summed E-state index contributed by atoms with van der Waals surface area (Å²) >= 11 is 0. The van der Waals surface area contributed by atoms with Crippen molar-refractivity contribution in [3.8, 4) is 11.5 Å². The van der Waals surface area contributed by atoms with Crippen LogP contribution < -0.4 is 14.6 Å². The van der Waals surface area contributed by atoms with E-state index in [0.717, 1.165) is 12.8 Å². The van der Waals surface area contributed by atoms with Gasteiger partial charge in [-0.2, -0.15) is 0 Å².